The molecule has 2 heteroatoms. The summed E-state index contributed by atoms with van der Waals surface area (Å²) in [5.41, 5.74) is 1.21. The summed E-state index contributed by atoms with van der Waals surface area (Å²) in [4.78, 5) is 0. The summed E-state index contributed by atoms with van der Waals surface area (Å²) in [6, 6.07) is 8.24. The number of benzene rings is 1. The summed E-state index contributed by atoms with van der Waals surface area (Å²) in [5.74, 6) is 2.63. The van der Waals surface area contributed by atoms with Crippen molar-refractivity contribution in [3.8, 4) is 12.3 Å². The summed E-state index contributed by atoms with van der Waals surface area (Å²) in [6.07, 6.45) is 7.03. The van der Waals surface area contributed by atoms with Crippen molar-refractivity contribution >= 4 is 11.6 Å². The number of rotatable bonds is 5. The Labute approximate surface area is 96.8 Å². The molecule has 0 saturated heterocycles. The molecule has 1 rings (SSSR count). The second-order valence-corrected chi connectivity index (χ2v) is 3.97. The van der Waals surface area contributed by atoms with Crippen LogP contribution < -0.4 is 5.32 Å². The zero-order valence-electron chi connectivity index (χ0n) is 8.96. The number of hydrogen-bond acceptors (Lipinski definition) is 1. The number of halogens is 1. The zero-order valence-corrected chi connectivity index (χ0v) is 9.72. The van der Waals surface area contributed by atoms with E-state index in [4.69, 9.17) is 18.0 Å². The molecule has 1 nitrogen and oxygen atoms in total. The van der Waals surface area contributed by atoms with E-state index in [-0.39, 0.29) is 0 Å². The molecule has 80 valence electrons. The monoisotopic (exact) mass is 221 g/mol. The molecule has 15 heavy (non-hydrogen) atoms. The molecule has 0 fully saturated rings. The maximum atomic E-state index is 5.92. The fraction of sp³-hybridized carbons (Fsp3) is 0.385. The van der Waals surface area contributed by atoms with Crippen molar-refractivity contribution in [1.82, 2.24) is 5.32 Å². The number of hydrogen-bond donors (Lipinski definition) is 1. The van der Waals surface area contributed by atoms with Gasteiger partial charge in [0.15, 0.2) is 0 Å². The molecule has 0 aliphatic rings. The van der Waals surface area contributed by atoms with E-state index in [1.807, 2.05) is 18.2 Å². The molecule has 0 heterocycles. The van der Waals surface area contributed by atoms with Gasteiger partial charge >= 0.3 is 0 Å². The molecule has 0 radical (unpaired) electrons. The Morgan fingerprint density at radius 2 is 2.33 bits per heavy atom. The van der Waals surface area contributed by atoms with Crippen LogP contribution in [0.4, 0.5) is 0 Å². The van der Waals surface area contributed by atoms with Gasteiger partial charge in [-0.1, -0.05) is 23.7 Å². The van der Waals surface area contributed by atoms with E-state index in [0.717, 1.165) is 24.4 Å². The lowest BCUT2D eigenvalue weighted by Gasteiger charge is -2.13. The Hall–Kier alpha value is -0.970. The SMILES string of the molecule is C#CCCCNC(C)c1cccc(Cl)c1. The van der Waals surface area contributed by atoms with Crippen LogP contribution in [0.15, 0.2) is 24.3 Å². The van der Waals surface area contributed by atoms with Crippen LogP contribution in [0.2, 0.25) is 5.02 Å². The van der Waals surface area contributed by atoms with Crippen LogP contribution >= 0.6 is 11.6 Å². The summed E-state index contributed by atoms with van der Waals surface area (Å²) in [5, 5.41) is 4.19. The summed E-state index contributed by atoms with van der Waals surface area (Å²) in [7, 11) is 0. The van der Waals surface area contributed by atoms with Gasteiger partial charge in [0.2, 0.25) is 0 Å². The van der Waals surface area contributed by atoms with Gasteiger partial charge in [0.1, 0.15) is 0 Å². The van der Waals surface area contributed by atoms with Crippen molar-refractivity contribution < 1.29 is 0 Å². The fourth-order valence-corrected chi connectivity index (χ4v) is 1.60. The van der Waals surface area contributed by atoms with E-state index in [9.17, 15) is 0 Å². The van der Waals surface area contributed by atoms with Crippen molar-refractivity contribution in [2.24, 2.45) is 0 Å². The number of terminal acetylenes is 1. The molecule has 1 unspecified atom stereocenters. The lowest BCUT2D eigenvalue weighted by Crippen LogP contribution is -2.19. The third-order valence-corrected chi connectivity index (χ3v) is 2.53. The number of nitrogens with one attached hydrogen (secondary N) is 1. The van der Waals surface area contributed by atoms with E-state index in [1.165, 1.54) is 5.56 Å². The van der Waals surface area contributed by atoms with Gasteiger partial charge in [-0.25, -0.2) is 0 Å². The van der Waals surface area contributed by atoms with Gasteiger partial charge in [0.25, 0.3) is 0 Å². The molecule has 0 bridgehead atoms. The summed E-state index contributed by atoms with van der Waals surface area (Å²) in [6.45, 7) is 3.07. The molecule has 0 saturated carbocycles. The molecule has 1 aromatic rings. The molecule has 0 aliphatic carbocycles. The van der Waals surface area contributed by atoms with Crippen LogP contribution in [0, 0.1) is 12.3 Å². The topological polar surface area (TPSA) is 12.0 Å². The molecule has 0 amide bonds. The first-order valence-corrected chi connectivity index (χ1v) is 5.54. The Balaban J connectivity index is 2.40. The lowest BCUT2D eigenvalue weighted by atomic mass is 10.1. The first-order chi connectivity index (χ1) is 7.24. The average molecular weight is 222 g/mol. The smallest absolute Gasteiger partial charge is 0.0409 e. The predicted molar refractivity (Wildman–Crippen MR) is 65.9 cm³/mol. The first-order valence-electron chi connectivity index (χ1n) is 5.16. The van der Waals surface area contributed by atoms with Crippen molar-refractivity contribution in [2.45, 2.75) is 25.8 Å². The standard InChI is InChI=1S/C13H16ClN/c1-3-4-5-9-15-11(2)12-7-6-8-13(14)10-12/h1,6-8,10-11,15H,4-5,9H2,2H3. The van der Waals surface area contributed by atoms with Gasteiger partial charge in [0.05, 0.1) is 0 Å². The molecule has 1 atom stereocenters. The van der Waals surface area contributed by atoms with Crippen LogP contribution in [0.5, 0.6) is 0 Å². The fourth-order valence-electron chi connectivity index (χ4n) is 1.40. The molecular formula is C13H16ClN. The minimum atomic E-state index is 0.321. The van der Waals surface area contributed by atoms with E-state index < -0.39 is 0 Å². The van der Waals surface area contributed by atoms with Gasteiger partial charge in [-0.2, -0.15) is 0 Å². The molecule has 1 aromatic carbocycles. The Morgan fingerprint density at radius 3 is 3.00 bits per heavy atom. The largest absolute Gasteiger partial charge is 0.310 e. The Morgan fingerprint density at radius 1 is 1.53 bits per heavy atom. The average Bonchev–Trinajstić information content (AvgIpc) is 2.24. The summed E-state index contributed by atoms with van der Waals surface area (Å²) >= 11 is 5.92. The second-order valence-electron chi connectivity index (χ2n) is 3.54. The molecule has 1 N–H and O–H groups in total. The third-order valence-electron chi connectivity index (χ3n) is 2.30. The first kappa shape index (κ1) is 12.1. The molecule has 0 aliphatic heterocycles. The second kappa shape index (κ2) is 6.50. The van der Waals surface area contributed by atoms with Gasteiger partial charge in [0, 0.05) is 17.5 Å². The Bertz CT molecular complexity index is 341. The van der Waals surface area contributed by atoms with E-state index in [0.29, 0.717) is 6.04 Å². The maximum Gasteiger partial charge on any atom is 0.0409 e. The zero-order chi connectivity index (χ0) is 11.1. The normalized spacial score (nSPS) is 12.1. The number of unbranched alkanes of at least 4 members (excludes halogenated alkanes) is 1. The van der Waals surface area contributed by atoms with Gasteiger partial charge in [-0.15, -0.1) is 12.3 Å². The van der Waals surface area contributed by atoms with Crippen molar-refractivity contribution in [2.75, 3.05) is 6.54 Å². The highest BCUT2D eigenvalue weighted by molar-refractivity contribution is 6.30. The quantitative estimate of drug-likeness (QED) is 0.594. The lowest BCUT2D eigenvalue weighted by molar-refractivity contribution is 0.563. The van der Waals surface area contributed by atoms with Gasteiger partial charge in [-0.3, -0.25) is 0 Å². The van der Waals surface area contributed by atoms with Crippen molar-refractivity contribution in [3.05, 3.63) is 34.9 Å². The minimum Gasteiger partial charge on any atom is -0.310 e. The van der Waals surface area contributed by atoms with Gasteiger partial charge in [-0.05, 0) is 37.6 Å². The van der Waals surface area contributed by atoms with E-state index >= 15 is 0 Å². The van der Waals surface area contributed by atoms with Crippen molar-refractivity contribution in [1.29, 1.82) is 0 Å². The molecule has 0 aromatic heterocycles. The van der Waals surface area contributed by atoms with E-state index in [1.54, 1.807) is 0 Å². The van der Waals surface area contributed by atoms with Crippen molar-refractivity contribution in [3.63, 3.8) is 0 Å². The summed E-state index contributed by atoms with van der Waals surface area (Å²) < 4.78 is 0. The molecule has 0 spiro atoms. The molecular weight excluding hydrogens is 206 g/mol. The highest BCUT2D eigenvalue weighted by Gasteiger charge is 2.03. The maximum absolute atomic E-state index is 5.92. The van der Waals surface area contributed by atoms with Gasteiger partial charge < -0.3 is 5.32 Å². The predicted octanol–water partition coefficient (Wildman–Crippen LogP) is 3.40. The Kier molecular flexibility index (Phi) is 5.25. The highest BCUT2D eigenvalue weighted by atomic mass is 35.5. The van der Waals surface area contributed by atoms with Crippen LogP contribution in [0.25, 0.3) is 0 Å². The third kappa shape index (κ3) is 4.38. The van der Waals surface area contributed by atoms with Crippen LogP contribution in [0.1, 0.15) is 31.4 Å². The van der Waals surface area contributed by atoms with Crippen LogP contribution in [-0.2, 0) is 0 Å². The van der Waals surface area contributed by atoms with E-state index in [2.05, 4.69) is 24.2 Å². The minimum absolute atomic E-state index is 0.321. The highest BCUT2D eigenvalue weighted by Crippen LogP contribution is 2.17. The van der Waals surface area contributed by atoms with Crippen LogP contribution in [-0.4, -0.2) is 6.54 Å². The van der Waals surface area contributed by atoms with Crippen LogP contribution in [0.3, 0.4) is 0 Å².